The molecule has 0 aliphatic carbocycles. The lowest BCUT2D eigenvalue weighted by Gasteiger charge is -2.22. The molecular weight excluding hydrogens is 290 g/mol. The Kier molecular flexibility index (Phi) is 6.28. The monoisotopic (exact) mass is 311 g/mol. The lowest BCUT2D eigenvalue weighted by Crippen LogP contribution is -2.40. The minimum Gasteiger partial charge on any atom is -0.383 e. The van der Waals surface area contributed by atoms with Crippen molar-refractivity contribution in [1.29, 1.82) is 0 Å². The molecule has 0 saturated carbocycles. The number of hydrogen-bond donors (Lipinski definition) is 2. The minimum atomic E-state index is -0.101. The van der Waals surface area contributed by atoms with Crippen LogP contribution in [0.1, 0.15) is 6.42 Å². The second-order valence-corrected chi connectivity index (χ2v) is 6.07. The number of thioether (sulfide) groups is 1. The normalized spacial score (nSPS) is 18.4. The maximum atomic E-state index is 12.0. The summed E-state index contributed by atoms with van der Waals surface area (Å²) in [6.07, 6.45) is 2.10. The van der Waals surface area contributed by atoms with E-state index >= 15 is 0 Å². The van der Waals surface area contributed by atoms with Crippen molar-refractivity contribution in [3.8, 4) is 0 Å². The van der Waals surface area contributed by atoms with E-state index in [0.29, 0.717) is 25.3 Å². The van der Waals surface area contributed by atoms with Crippen LogP contribution in [0, 0.1) is 0 Å². The fraction of sp³-hybridized carbons (Fsp3) is 0.571. The van der Waals surface area contributed by atoms with Crippen molar-refractivity contribution in [3.05, 3.63) is 28.7 Å². The molecule has 116 valence electrons. The quantitative estimate of drug-likeness (QED) is 0.802. The summed E-state index contributed by atoms with van der Waals surface area (Å²) in [4.78, 5) is 23.7. The van der Waals surface area contributed by atoms with E-state index in [-0.39, 0.29) is 17.5 Å². The zero-order valence-electron chi connectivity index (χ0n) is 12.1. The molecule has 2 rings (SSSR count). The molecule has 6 nitrogen and oxygen atoms in total. The highest BCUT2D eigenvalue weighted by Gasteiger charge is 2.16. The number of pyridine rings is 1. The molecule has 0 bridgehead atoms. The molecule has 0 spiro atoms. The Hall–Kier alpha value is -1.31. The Morgan fingerprint density at radius 2 is 2.43 bits per heavy atom. The summed E-state index contributed by atoms with van der Waals surface area (Å²) in [5, 5.41) is 6.18. The van der Waals surface area contributed by atoms with Gasteiger partial charge in [-0.2, -0.15) is 11.8 Å². The first-order chi connectivity index (χ1) is 10.2. The molecule has 1 fully saturated rings. The van der Waals surface area contributed by atoms with Gasteiger partial charge in [0.1, 0.15) is 0 Å². The molecule has 1 aliphatic rings. The van der Waals surface area contributed by atoms with Crippen LogP contribution in [0.15, 0.2) is 23.1 Å². The molecule has 1 aromatic heterocycles. The van der Waals surface area contributed by atoms with Crippen molar-refractivity contribution < 1.29 is 9.53 Å². The van der Waals surface area contributed by atoms with Gasteiger partial charge in [0.25, 0.3) is 5.56 Å². The van der Waals surface area contributed by atoms with Gasteiger partial charge >= 0.3 is 0 Å². The van der Waals surface area contributed by atoms with Gasteiger partial charge in [-0.1, -0.05) is 0 Å². The van der Waals surface area contributed by atoms with Crippen LogP contribution in [0.5, 0.6) is 0 Å². The maximum Gasteiger partial charge on any atom is 0.250 e. The SMILES string of the molecule is COCCn1cc(NC(=O)CC2CSCCN2)ccc1=O. The van der Waals surface area contributed by atoms with Crippen LogP contribution < -0.4 is 16.2 Å². The highest BCUT2D eigenvalue weighted by atomic mass is 32.2. The van der Waals surface area contributed by atoms with E-state index in [1.807, 2.05) is 11.8 Å². The van der Waals surface area contributed by atoms with Crippen LogP contribution in [0.3, 0.4) is 0 Å². The van der Waals surface area contributed by atoms with Crippen molar-refractivity contribution >= 4 is 23.4 Å². The summed E-state index contributed by atoms with van der Waals surface area (Å²) in [5.74, 6) is 2.02. The number of carbonyl (C=O) groups is 1. The maximum absolute atomic E-state index is 12.0. The topological polar surface area (TPSA) is 72.4 Å². The molecule has 2 heterocycles. The van der Waals surface area contributed by atoms with E-state index in [0.717, 1.165) is 18.1 Å². The number of aromatic nitrogens is 1. The zero-order chi connectivity index (χ0) is 15.1. The summed E-state index contributed by atoms with van der Waals surface area (Å²) in [5.41, 5.74) is 0.537. The first-order valence-corrected chi connectivity index (χ1v) is 8.15. The first kappa shape index (κ1) is 16.1. The average molecular weight is 311 g/mol. The van der Waals surface area contributed by atoms with Gasteiger partial charge in [0, 0.05) is 56.4 Å². The summed E-state index contributed by atoms with van der Waals surface area (Å²) in [7, 11) is 1.59. The summed E-state index contributed by atoms with van der Waals surface area (Å²) in [6, 6.07) is 3.31. The molecule has 1 aliphatic heterocycles. The van der Waals surface area contributed by atoms with Crippen molar-refractivity contribution in [2.24, 2.45) is 0 Å². The largest absolute Gasteiger partial charge is 0.383 e. The molecule has 1 atom stereocenters. The predicted molar refractivity (Wildman–Crippen MR) is 84.9 cm³/mol. The van der Waals surface area contributed by atoms with Crippen LogP contribution in [-0.4, -0.2) is 48.3 Å². The standard InChI is InChI=1S/C14H21N3O3S/c1-20-6-5-17-9-11(2-3-14(17)19)16-13(18)8-12-10-21-7-4-15-12/h2-3,9,12,15H,4-8,10H2,1H3,(H,16,18). The lowest BCUT2D eigenvalue weighted by atomic mass is 10.2. The number of rotatable bonds is 6. The Balaban J connectivity index is 1.92. The molecule has 7 heteroatoms. The van der Waals surface area contributed by atoms with Crippen LogP contribution in [-0.2, 0) is 16.1 Å². The third kappa shape index (κ3) is 5.18. The van der Waals surface area contributed by atoms with E-state index in [2.05, 4.69) is 10.6 Å². The van der Waals surface area contributed by atoms with E-state index in [4.69, 9.17) is 4.74 Å². The van der Waals surface area contributed by atoms with Gasteiger partial charge in [-0.15, -0.1) is 0 Å². The number of hydrogen-bond acceptors (Lipinski definition) is 5. The van der Waals surface area contributed by atoms with Gasteiger partial charge in [-0.05, 0) is 6.07 Å². The fourth-order valence-electron chi connectivity index (χ4n) is 2.16. The predicted octanol–water partition coefficient (Wildman–Crippen LogP) is 0.528. The average Bonchev–Trinajstić information content (AvgIpc) is 2.48. The van der Waals surface area contributed by atoms with Gasteiger partial charge < -0.3 is 19.9 Å². The van der Waals surface area contributed by atoms with E-state index in [1.165, 1.54) is 10.6 Å². The van der Waals surface area contributed by atoms with Gasteiger partial charge in [-0.3, -0.25) is 9.59 Å². The Bertz CT molecular complexity index is 526. The second-order valence-electron chi connectivity index (χ2n) is 4.92. The van der Waals surface area contributed by atoms with Crippen LogP contribution in [0.2, 0.25) is 0 Å². The molecule has 21 heavy (non-hydrogen) atoms. The van der Waals surface area contributed by atoms with E-state index in [1.54, 1.807) is 19.4 Å². The molecule has 2 N–H and O–H groups in total. The smallest absolute Gasteiger partial charge is 0.250 e. The number of nitrogens with one attached hydrogen (secondary N) is 2. The van der Waals surface area contributed by atoms with Gasteiger partial charge in [-0.25, -0.2) is 0 Å². The third-order valence-electron chi connectivity index (χ3n) is 3.23. The number of anilines is 1. The Morgan fingerprint density at radius 3 is 3.14 bits per heavy atom. The first-order valence-electron chi connectivity index (χ1n) is 6.99. The van der Waals surface area contributed by atoms with Gasteiger partial charge in [0.2, 0.25) is 5.91 Å². The van der Waals surface area contributed by atoms with E-state index in [9.17, 15) is 9.59 Å². The van der Waals surface area contributed by atoms with Crippen molar-refractivity contribution in [3.63, 3.8) is 0 Å². The highest BCUT2D eigenvalue weighted by Crippen LogP contribution is 2.11. The fourth-order valence-corrected chi connectivity index (χ4v) is 3.11. The third-order valence-corrected chi connectivity index (χ3v) is 4.36. The van der Waals surface area contributed by atoms with Gasteiger partial charge in [0.05, 0.1) is 12.3 Å². The molecule has 1 amide bonds. The summed E-state index contributed by atoms with van der Waals surface area (Å²) >= 11 is 1.86. The number of carbonyl (C=O) groups excluding carboxylic acids is 1. The molecule has 1 aromatic rings. The molecule has 1 unspecified atom stereocenters. The number of nitrogens with zero attached hydrogens (tertiary/aromatic N) is 1. The molecule has 0 aromatic carbocycles. The van der Waals surface area contributed by atoms with Crippen molar-refractivity contribution in [1.82, 2.24) is 9.88 Å². The number of methoxy groups -OCH3 is 1. The zero-order valence-corrected chi connectivity index (χ0v) is 12.9. The van der Waals surface area contributed by atoms with Crippen molar-refractivity contribution in [2.75, 3.05) is 37.1 Å². The van der Waals surface area contributed by atoms with Crippen molar-refractivity contribution in [2.45, 2.75) is 19.0 Å². The molecule has 1 saturated heterocycles. The highest BCUT2D eigenvalue weighted by molar-refractivity contribution is 7.99. The lowest BCUT2D eigenvalue weighted by molar-refractivity contribution is -0.116. The summed E-state index contributed by atoms with van der Waals surface area (Å²) < 4.78 is 6.50. The minimum absolute atomic E-state index is 0.0352. The number of ether oxygens (including phenoxy) is 1. The number of amides is 1. The van der Waals surface area contributed by atoms with Crippen LogP contribution in [0.25, 0.3) is 0 Å². The van der Waals surface area contributed by atoms with E-state index < -0.39 is 0 Å². The molecule has 0 radical (unpaired) electrons. The van der Waals surface area contributed by atoms with Crippen LogP contribution >= 0.6 is 11.8 Å². The Labute approximate surface area is 128 Å². The van der Waals surface area contributed by atoms with Crippen LogP contribution in [0.4, 0.5) is 5.69 Å². The summed E-state index contributed by atoms with van der Waals surface area (Å²) in [6.45, 7) is 1.88. The second kappa shape index (κ2) is 8.21. The Morgan fingerprint density at radius 1 is 1.57 bits per heavy atom. The molecular formula is C14H21N3O3S. The van der Waals surface area contributed by atoms with Gasteiger partial charge in [0.15, 0.2) is 0 Å².